The van der Waals surface area contributed by atoms with Gasteiger partial charge in [0.15, 0.2) is 0 Å². The van der Waals surface area contributed by atoms with Gasteiger partial charge in [0.1, 0.15) is 0 Å². The van der Waals surface area contributed by atoms with Crippen LogP contribution in [0.2, 0.25) is 0 Å². The molecule has 22 heavy (non-hydrogen) atoms. The number of aromatic amines is 1. The van der Waals surface area contributed by atoms with Gasteiger partial charge >= 0.3 is 0 Å². The van der Waals surface area contributed by atoms with Crippen LogP contribution in [0.5, 0.6) is 0 Å². The molecule has 0 saturated carbocycles. The zero-order valence-corrected chi connectivity index (χ0v) is 13.2. The summed E-state index contributed by atoms with van der Waals surface area (Å²) in [5, 5.41) is 8.47. The summed E-state index contributed by atoms with van der Waals surface area (Å²) in [6, 6.07) is 0. The van der Waals surface area contributed by atoms with E-state index in [1.54, 1.807) is 0 Å². The average molecular weight is 297 g/mol. The molecule has 0 aliphatic heterocycles. The van der Waals surface area contributed by atoms with Crippen LogP contribution in [0.3, 0.4) is 0 Å². The molecule has 1 aliphatic rings. The van der Waals surface area contributed by atoms with Crippen molar-refractivity contribution in [2.45, 2.75) is 39.5 Å². The Morgan fingerprint density at radius 3 is 2.95 bits per heavy atom. The zero-order valence-electron chi connectivity index (χ0n) is 13.2. The minimum Gasteiger partial charge on any atom is -0.402 e. The molecule has 2 rings (SSSR count). The lowest BCUT2D eigenvalue weighted by Gasteiger charge is -2.05. The van der Waals surface area contributed by atoms with E-state index in [-0.39, 0.29) is 5.56 Å². The summed E-state index contributed by atoms with van der Waals surface area (Å²) in [6.45, 7) is 4.13. The molecule has 1 aliphatic carbocycles. The minimum atomic E-state index is -0.147. The number of H-pyrrole nitrogens is 1. The van der Waals surface area contributed by atoms with Crippen LogP contribution in [0.1, 0.15) is 38.8 Å². The molecule has 1 aromatic heterocycles. The molecular formula is C18H23N3O. The molecule has 4 heteroatoms. The largest absolute Gasteiger partial charge is 0.402 e. The van der Waals surface area contributed by atoms with E-state index >= 15 is 0 Å². The topological polar surface area (TPSA) is 71.8 Å². The lowest BCUT2D eigenvalue weighted by molar-refractivity contribution is 0.880. The van der Waals surface area contributed by atoms with Crippen molar-refractivity contribution in [3.05, 3.63) is 62.1 Å². The Kier molecular flexibility index (Phi) is 5.53. The van der Waals surface area contributed by atoms with Crippen LogP contribution in [0.15, 0.2) is 40.4 Å². The van der Waals surface area contributed by atoms with Crippen molar-refractivity contribution in [1.29, 1.82) is 0 Å². The molecule has 0 aromatic carbocycles. The first-order valence-corrected chi connectivity index (χ1v) is 7.75. The van der Waals surface area contributed by atoms with Gasteiger partial charge in [-0.2, -0.15) is 5.10 Å². The predicted molar refractivity (Wildman–Crippen MR) is 91.4 cm³/mol. The molecule has 4 nitrogen and oxygen atoms in total. The molecule has 0 unspecified atom stereocenters. The highest BCUT2D eigenvalue weighted by atomic mass is 16.1. The Hall–Kier alpha value is -2.36. The van der Waals surface area contributed by atoms with Crippen LogP contribution in [0, 0.1) is 0 Å². The van der Waals surface area contributed by atoms with Gasteiger partial charge in [-0.15, -0.1) is 0 Å². The molecule has 0 amide bonds. The smallest absolute Gasteiger partial charge is 0.272 e. The molecular weight excluding hydrogens is 274 g/mol. The van der Waals surface area contributed by atoms with Gasteiger partial charge < -0.3 is 5.73 Å². The number of hydrogen-bond acceptors (Lipinski definition) is 3. The van der Waals surface area contributed by atoms with E-state index in [4.69, 9.17) is 5.73 Å². The third-order valence-corrected chi connectivity index (χ3v) is 3.61. The summed E-state index contributed by atoms with van der Waals surface area (Å²) >= 11 is 0. The Bertz CT molecular complexity index is 795. The van der Waals surface area contributed by atoms with Crippen molar-refractivity contribution in [2.24, 2.45) is 5.73 Å². The van der Waals surface area contributed by atoms with Crippen molar-refractivity contribution in [3.8, 4) is 0 Å². The number of hydrogen-bond donors (Lipinski definition) is 2. The second-order valence-corrected chi connectivity index (χ2v) is 5.30. The van der Waals surface area contributed by atoms with Crippen molar-refractivity contribution in [1.82, 2.24) is 10.2 Å². The van der Waals surface area contributed by atoms with E-state index in [9.17, 15) is 4.79 Å². The normalized spacial score (nSPS) is 14.8. The summed E-state index contributed by atoms with van der Waals surface area (Å²) in [7, 11) is 0. The van der Waals surface area contributed by atoms with Gasteiger partial charge in [0.25, 0.3) is 5.56 Å². The van der Waals surface area contributed by atoms with Crippen LogP contribution in [0.25, 0.3) is 12.2 Å². The molecule has 116 valence electrons. The third kappa shape index (κ3) is 3.85. The Morgan fingerprint density at radius 1 is 1.41 bits per heavy atom. The van der Waals surface area contributed by atoms with E-state index in [0.717, 1.165) is 41.4 Å². The van der Waals surface area contributed by atoms with Crippen LogP contribution >= 0.6 is 0 Å². The molecule has 0 saturated heterocycles. The second-order valence-electron chi connectivity index (χ2n) is 5.30. The second kappa shape index (κ2) is 7.59. The fraction of sp³-hybridized carbons (Fsp3) is 0.333. The van der Waals surface area contributed by atoms with Gasteiger partial charge in [-0.25, -0.2) is 5.10 Å². The highest BCUT2D eigenvalue weighted by Crippen LogP contribution is 2.08. The van der Waals surface area contributed by atoms with Gasteiger partial charge in [-0.05, 0) is 37.0 Å². The number of fused-ring (bicyclic) bond motifs is 1. The SMILES string of the molecule is CC/C=C(\C=C(\N)CC)Cc1n[nH]c(=O)c2c1=CCC=CC=2. The predicted octanol–water partition coefficient (Wildman–Crippen LogP) is 1.42. The number of nitrogens with zero attached hydrogens (tertiary/aromatic N) is 1. The number of allylic oxidation sites excluding steroid dienone is 6. The monoisotopic (exact) mass is 297 g/mol. The maximum Gasteiger partial charge on any atom is 0.272 e. The van der Waals surface area contributed by atoms with E-state index in [0.29, 0.717) is 11.6 Å². The summed E-state index contributed by atoms with van der Waals surface area (Å²) in [5.74, 6) is 0. The zero-order chi connectivity index (χ0) is 15.9. The van der Waals surface area contributed by atoms with Crippen molar-refractivity contribution in [2.75, 3.05) is 0 Å². The summed E-state index contributed by atoms with van der Waals surface area (Å²) in [4.78, 5) is 12.0. The fourth-order valence-corrected chi connectivity index (χ4v) is 2.45. The van der Waals surface area contributed by atoms with Crippen LogP contribution < -0.4 is 21.7 Å². The Morgan fingerprint density at radius 2 is 2.23 bits per heavy atom. The molecule has 1 aromatic rings. The van der Waals surface area contributed by atoms with Crippen LogP contribution in [0.4, 0.5) is 0 Å². The summed E-state index contributed by atoms with van der Waals surface area (Å²) < 4.78 is 0. The summed E-state index contributed by atoms with van der Waals surface area (Å²) in [5.41, 5.74) is 8.69. The van der Waals surface area contributed by atoms with Gasteiger partial charge in [0.05, 0.1) is 5.69 Å². The van der Waals surface area contributed by atoms with Gasteiger partial charge in [-0.3, -0.25) is 4.79 Å². The quantitative estimate of drug-likeness (QED) is 0.808. The fourth-order valence-electron chi connectivity index (χ4n) is 2.45. The lowest BCUT2D eigenvalue weighted by Crippen LogP contribution is -2.44. The van der Waals surface area contributed by atoms with E-state index in [1.165, 1.54) is 0 Å². The molecule has 3 N–H and O–H groups in total. The van der Waals surface area contributed by atoms with Crippen molar-refractivity contribution >= 4 is 12.2 Å². The lowest BCUT2D eigenvalue weighted by atomic mass is 10.0. The molecule has 1 heterocycles. The maximum absolute atomic E-state index is 12.0. The highest BCUT2D eigenvalue weighted by molar-refractivity contribution is 5.45. The number of rotatable bonds is 5. The first-order valence-electron chi connectivity index (χ1n) is 7.75. The third-order valence-electron chi connectivity index (χ3n) is 3.61. The first-order chi connectivity index (χ1) is 10.7. The van der Waals surface area contributed by atoms with E-state index < -0.39 is 0 Å². The van der Waals surface area contributed by atoms with Gasteiger partial charge in [0.2, 0.25) is 0 Å². The Labute approximate surface area is 130 Å². The van der Waals surface area contributed by atoms with Crippen molar-refractivity contribution in [3.63, 3.8) is 0 Å². The maximum atomic E-state index is 12.0. The van der Waals surface area contributed by atoms with E-state index in [1.807, 2.05) is 31.2 Å². The van der Waals surface area contributed by atoms with Gasteiger partial charge in [-0.1, -0.05) is 38.2 Å². The van der Waals surface area contributed by atoms with Crippen molar-refractivity contribution < 1.29 is 0 Å². The first kappa shape index (κ1) is 16.0. The standard InChI is InChI=1S/C18H23N3O/c1-3-8-13(11-14(19)4-2)12-17-15-9-6-5-7-10-16(15)18(22)21-20-17/h5,7-11H,3-4,6,12,19H2,1-2H3,(H,21,22)/b13-8+,14-11+. The van der Waals surface area contributed by atoms with E-state index in [2.05, 4.69) is 29.3 Å². The molecule has 0 bridgehead atoms. The molecule has 0 fully saturated rings. The molecule has 0 radical (unpaired) electrons. The minimum absolute atomic E-state index is 0.147. The average Bonchev–Trinajstić information content (AvgIpc) is 2.76. The van der Waals surface area contributed by atoms with Crippen LogP contribution in [-0.4, -0.2) is 10.2 Å². The highest BCUT2D eigenvalue weighted by Gasteiger charge is 2.06. The summed E-state index contributed by atoms with van der Waals surface area (Å²) in [6.07, 6.45) is 15.3. The van der Waals surface area contributed by atoms with Crippen LogP contribution in [-0.2, 0) is 6.42 Å². The number of nitrogens with one attached hydrogen (secondary N) is 1. The molecule has 0 spiro atoms. The number of nitrogens with two attached hydrogens (primary N) is 1. The Balaban J connectivity index is 2.49. The molecule has 0 atom stereocenters. The number of aromatic nitrogens is 2. The van der Waals surface area contributed by atoms with Gasteiger partial charge in [0, 0.05) is 22.6 Å².